The summed E-state index contributed by atoms with van der Waals surface area (Å²) in [6.07, 6.45) is -3.58. The SMILES string of the molecule is COC(=O)/C(O)=C(\C(=O)OC)[N+](=Cc1ccccc1)c1ccccc1.O=C([O-])C(F)(F)F. The fraction of sp³-hybridized carbons (Fsp3) is 0.143. The summed E-state index contributed by atoms with van der Waals surface area (Å²) in [4.78, 5) is 32.8. The molecule has 0 aliphatic heterocycles. The quantitative estimate of drug-likeness (QED) is 0.242. The molecule has 8 nitrogen and oxygen atoms in total. The van der Waals surface area contributed by atoms with Crippen LogP contribution in [0.1, 0.15) is 5.56 Å². The number of methoxy groups -OCH3 is 2. The Bertz CT molecular complexity index is 1000. The number of aliphatic hydroxyl groups is 1. The summed E-state index contributed by atoms with van der Waals surface area (Å²) < 4.78 is 42.2. The van der Waals surface area contributed by atoms with E-state index in [-0.39, 0.29) is 5.70 Å². The number of hydrogen-bond donors (Lipinski definition) is 1. The van der Waals surface area contributed by atoms with E-state index in [0.717, 1.165) is 12.7 Å². The minimum atomic E-state index is -5.19. The standard InChI is InChI=1S/C19H17NO5.C2HF3O2/c1-24-18(22)16(17(21)19(23)25-2)20(15-11-7-4-8-12-15)13-14-9-5-3-6-10-14;3-2(4,5)1(6)7/h3-13H,1-2H3;(H,6,7). The monoisotopic (exact) mass is 453 g/mol. The molecule has 0 spiro atoms. The Balaban J connectivity index is 0.000000633. The third-order valence-corrected chi connectivity index (χ3v) is 3.57. The number of carbonyl (C=O) groups excluding carboxylic acids is 3. The van der Waals surface area contributed by atoms with Crippen molar-refractivity contribution in [2.45, 2.75) is 6.18 Å². The number of para-hydroxylation sites is 1. The summed E-state index contributed by atoms with van der Waals surface area (Å²) in [6, 6.07) is 18.0. The highest BCUT2D eigenvalue weighted by Gasteiger charge is 2.34. The lowest BCUT2D eigenvalue weighted by molar-refractivity contribution is -0.378. The molecule has 2 aromatic carbocycles. The van der Waals surface area contributed by atoms with Gasteiger partial charge >= 0.3 is 23.8 Å². The molecule has 0 fully saturated rings. The number of benzene rings is 2. The number of carboxylic acid groups (broad SMARTS) is 1. The normalized spacial score (nSPS) is 12.0. The van der Waals surface area contributed by atoms with Gasteiger partial charge in [-0.15, -0.1) is 0 Å². The van der Waals surface area contributed by atoms with Crippen molar-refractivity contribution in [3.63, 3.8) is 0 Å². The number of aliphatic hydroxyl groups excluding tert-OH is 1. The molecular weight excluding hydrogens is 435 g/mol. The molecule has 2 aromatic rings. The molecule has 0 unspecified atom stereocenters. The van der Waals surface area contributed by atoms with Crippen LogP contribution in [-0.2, 0) is 23.9 Å². The van der Waals surface area contributed by atoms with E-state index in [1.807, 2.05) is 36.4 Å². The van der Waals surface area contributed by atoms with E-state index in [1.54, 1.807) is 30.5 Å². The summed E-state index contributed by atoms with van der Waals surface area (Å²) in [7, 11) is 2.28. The number of alkyl halides is 3. The van der Waals surface area contributed by atoms with Gasteiger partial charge in [-0.25, -0.2) is 9.59 Å². The minimum Gasteiger partial charge on any atom is -0.542 e. The number of carboxylic acids is 1. The molecule has 0 aromatic heterocycles. The Morgan fingerprint density at radius 1 is 0.906 bits per heavy atom. The first-order valence-electron chi connectivity index (χ1n) is 8.65. The van der Waals surface area contributed by atoms with E-state index in [2.05, 4.69) is 4.74 Å². The van der Waals surface area contributed by atoms with Crippen molar-refractivity contribution < 1.29 is 51.8 Å². The number of esters is 2. The van der Waals surface area contributed by atoms with Crippen molar-refractivity contribution in [1.82, 2.24) is 0 Å². The zero-order valence-electron chi connectivity index (χ0n) is 16.8. The van der Waals surface area contributed by atoms with Crippen LogP contribution in [0, 0.1) is 0 Å². The largest absolute Gasteiger partial charge is 0.542 e. The zero-order chi connectivity index (χ0) is 24.3. The molecule has 0 heterocycles. The second kappa shape index (κ2) is 11.9. The molecule has 0 aliphatic rings. The van der Waals surface area contributed by atoms with Crippen molar-refractivity contribution >= 4 is 29.8 Å². The number of aliphatic carboxylic acids is 1. The Morgan fingerprint density at radius 3 is 1.75 bits per heavy atom. The predicted molar refractivity (Wildman–Crippen MR) is 103 cm³/mol. The van der Waals surface area contributed by atoms with Crippen LogP contribution in [0.15, 0.2) is 72.1 Å². The third kappa shape index (κ3) is 7.59. The number of hydrogen-bond acceptors (Lipinski definition) is 7. The van der Waals surface area contributed by atoms with Crippen molar-refractivity contribution in [3.05, 3.63) is 77.7 Å². The summed E-state index contributed by atoms with van der Waals surface area (Å²) in [5.74, 6) is -5.76. The molecule has 1 N–H and O–H groups in total. The topological polar surface area (TPSA) is 116 Å². The molecule has 2 rings (SSSR count). The average molecular weight is 453 g/mol. The Labute approximate surface area is 180 Å². The van der Waals surface area contributed by atoms with Crippen LogP contribution in [0.2, 0.25) is 0 Å². The molecule has 0 amide bonds. The summed E-state index contributed by atoms with van der Waals surface area (Å²) >= 11 is 0. The van der Waals surface area contributed by atoms with Gasteiger partial charge in [-0.2, -0.15) is 17.7 Å². The zero-order valence-corrected chi connectivity index (χ0v) is 16.8. The summed E-state index contributed by atoms with van der Waals surface area (Å²) in [6.45, 7) is 0. The smallest absolute Gasteiger partial charge is 0.430 e. The van der Waals surface area contributed by atoms with Gasteiger partial charge in [-0.3, -0.25) is 0 Å². The van der Waals surface area contributed by atoms with E-state index in [0.29, 0.717) is 5.69 Å². The molecule has 11 heteroatoms. The number of halogens is 3. The maximum absolute atomic E-state index is 12.3. The number of carbonyl (C=O) groups is 3. The molecule has 170 valence electrons. The maximum Gasteiger partial charge on any atom is 0.430 e. The Hall–Kier alpha value is -4.15. The molecule has 0 saturated carbocycles. The van der Waals surface area contributed by atoms with Gasteiger partial charge in [-0.05, 0) is 12.1 Å². The van der Waals surface area contributed by atoms with Crippen molar-refractivity contribution in [2.24, 2.45) is 0 Å². The first kappa shape index (κ1) is 25.9. The molecule has 0 saturated heterocycles. The molecule has 0 bridgehead atoms. The molecule has 32 heavy (non-hydrogen) atoms. The third-order valence-electron chi connectivity index (χ3n) is 3.57. The lowest BCUT2D eigenvalue weighted by Crippen LogP contribution is -2.37. The van der Waals surface area contributed by atoms with Crippen LogP contribution in [-0.4, -0.2) is 54.2 Å². The number of rotatable bonds is 5. The van der Waals surface area contributed by atoms with Crippen molar-refractivity contribution in [2.75, 3.05) is 14.2 Å². The van der Waals surface area contributed by atoms with Crippen molar-refractivity contribution in [1.29, 1.82) is 0 Å². The Kier molecular flexibility index (Phi) is 9.62. The molecule has 0 radical (unpaired) electrons. The lowest BCUT2D eigenvalue weighted by atomic mass is 10.2. The van der Waals surface area contributed by atoms with Crippen LogP contribution in [0.3, 0.4) is 0 Å². The van der Waals surface area contributed by atoms with Gasteiger partial charge in [0.25, 0.3) is 5.76 Å². The maximum atomic E-state index is 12.3. The van der Waals surface area contributed by atoms with Gasteiger partial charge in [0, 0.05) is 17.7 Å². The first-order valence-corrected chi connectivity index (χ1v) is 8.65. The van der Waals surface area contributed by atoms with Crippen LogP contribution < -0.4 is 5.11 Å². The van der Waals surface area contributed by atoms with E-state index >= 15 is 0 Å². The second-order valence-electron chi connectivity index (χ2n) is 5.71. The van der Waals surface area contributed by atoms with Gasteiger partial charge in [-0.1, -0.05) is 36.4 Å². The van der Waals surface area contributed by atoms with Gasteiger partial charge in [0.05, 0.1) is 14.2 Å². The van der Waals surface area contributed by atoms with E-state index in [4.69, 9.17) is 14.6 Å². The van der Waals surface area contributed by atoms with Crippen molar-refractivity contribution in [3.8, 4) is 0 Å². The van der Waals surface area contributed by atoms with Crippen LogP contribution >= 0.6 is 0 Å². The van der Waals surface area contributed by atoms with Gasteiger partial charge in [0.1, 0.15) is 5.97 Å². The number of ether oxygens (including phenoxy) is 2. The highest BCUT2D eigenvalue weighted by molar-refractivity contribution is 5.97. The van der Waals surface area contributed by atoms with Gasteiger partial charge in [0.2, 0.25) is 5.69 Å². The highest BCUT2D eigenvalue weighted by atomic mass is 19.4. The lowest BCUT2D eigenvalue weighted by Gasteiger charge is -2.07. The number of nitrogens with zero attached hydrogens (tertiary/aromatic N) is 1. The van der Waals surface area contributed by atoms with Crippen LogP contribution in [0.25, 0.3) is 0 Å². The highest BCUT2D eigenvalue weighted by Crippen LogP contribution is 2.20. The summed E-state index contributed by atoms with van der Waals surface area (Å²) in [5.41, 5.74) is 0.969. The van der Waals surface area contributed by atoms with Gasteiger partial charge < -0.3 is 24.5 Å². The predicted octanol–water partition coefficient (Wildman–Crippen LogP) is 1.86. The van der Waals surface area contributed by atoms with Crippen LogP contribution in [0.5, 0.6) is 0 Å². The van der Waals surface area contributed by atoms with E-state index < -0.39 is 29.8 Å². The molecule has 0 aliphatic carbocycles. The second-order valence-corrected chi connectivity index (χ2v) is 5.71. The molecular formula is C21H18F3NO7. The van der Waals surface area contributed by atoms with Gasteiger partial charge in [0.15, 0.2) is 6.21 Å². The minimum absolute atomic E-state index is 0.343. The fourth-order valence-electron chi connectivity index (χ4n) is 2.14. The van der Waals surface area contributed by atoms with E-state index in [9.17, 15) is 27.9 Å². The first-order chi connectivity index (χ1) is 15.0. The summed E-state index contributed by atoms with van der Waals surface area (Å²) in [5, 5.41) is 19.0. The average Bonchev–Trinajstić information content (AvgIpc) is 2.78. The van der Waals surface area contributed by atoms with E-state index in [1.165, 1.54) is 11.7 Å². The Morgan fingerprint density at radius 2 is 1.34 bits per heavy atom. The fourth-order valence-corrected chi connectivity index (χ4v) is 2.14. The molecule has 0 atom stereocenters. The van der Waals surface area contributed by atoms with Crippen LogP contribution in [0.4, 0.5) is 18.9 Å².